The molecule has 1 N–H and O–H groups in total. The molecular formula is C23H21N3O4S2. The van der Waals surface area contributed by atoms with Gasteiger partial charge in [0.05, 0.1) is 15.1 Å². The third kappa shape index (κ3) is 4.22. The zero-order chi connectivity index (χ0) is 22.1. The molecule has 2 aromatic heterocycles. The maximum absolute atomic E-state index is 13.2. The van der Waals surface area contributed by atoms with Crippen LogP contribution in [0.2, 0.25) is 0 Å². The summed E-state index contributed by atoms with van der Waals surface area (Å²) in [6.45, 7) is 0. The van der Waals surface area contributed by atoms with Gasteiger partial charge in [-0.2, -0.15) is 11.8 Å². The molecule has 1 fully saturated rings. The largest absolute Gasteiger partial charge is 0.451 e. The summed E-state index contributed by atoms with van der Waals surface area (Å²) in [5.41, 5.74) is 2.20. The number of amides is 1. The summed E-state index contributed by atoms with van der Waals surface area (Å²) in [6.07, 6.45) is 6.30. The van der Waals surface area contributed by atoms with Gasteiger partial charge in [-0.3, -0.25) is 20.2 Å². The Balaban J connectivity index is 1.41. The van der Waals surface area contributed by atoms with Gasteiger partial charge in [0.1, 0.15) is 5.58 Å². The van der Waals surface area contributed by atoms with Crippen molar-refractivity contribution in [1.82, 2.24) is 4.98 Å². The molecule has 1 aliphatic rings. The lowest BCUT2D eigenvalue weighted by Crippen LogP contribution is -2.13. The smallest absolute Gasteiger partial charge is 0.293 e. The van der Waals surface area contributed by atoms with Crippen molar-refractivity contribution in [1.29, 1.82) is 0 Å². The second-order valence-corrected chi connectivity index (χ2v) is 10.2. The lowest BCUT2D eigenvalue weighted by Gasteiger charge is -2.20. The number of nitro benzene ring substituents is 1. The van der Waals surface area contributed by atoms with Gasteiger partial charge in [0, 0.05) is 34.1 Å². The number of hydrogen-bond donors (Lipinski definition) is 1. The molecule has 7 nitrogen and oxygen atoms in total. The van der Waals surface area contributed by atoms with E-state index in [4.69, 9.17) is 4.42 Å². The quantitative estimate of drug-likeness (QED) is 0.248. The van der Waals surface area contributed by atoms with Gasteiger partial charge in [0.15, 0.2) is 10.9 Å². The number of nitrogens with one attached hydrogen (secondary N) is 1. The molecule has 9 heteroatoms. The number of carbonyl (C=O) groups is 1. The molecule has 4 aromatic rings. The Hall–Kier alpha value is -2.91. The number of thiazole rings is 1. The second kappa shape index (κ2) is 8.91. The Bertz CT molecular complexity index is 1310. The minimum absolute atomic E-state index is 0.00154. The molecule has 0 radical (unpaired) electrons. The maximum Gasteiger partial charge on any atom is 0.293 e. The van der Waals surface area contributed by atoms with Crippen molar-refractivity contribution in [3.05, 3.63) is 63.9 Å². The summed E-state index contributed by atoms with van der Waals surface area (Å²) in [7, 11) is 0. The number of para-hydroxylation sites is 1. The number of nitro groups is 1. The van der Waals surface area contributed by atoms with E-state index in [0.717, 1.165) is 16.7 Å². The first-order chi connectivity index (χ1) is 15.6. The van der Waals surface area contributed by atoms with E-state index in [1.54, 1.807) is 6.07 Å². The van der Waals surface area contributed by atoms with Crippen molar-refractivity contribution in [2.75, 3.05) is 5.32 Å². The predicted molar refractivity (Wildman–Crippen MR) is 129 cm³/mol. The van der Waals surface area contributed by atoms with Crippen LogP contribution in [0.5, 0.6) is 0 Å². The monoisotopic (exact) mass is 467 g/mol. The van der Waals surface area contributed by atoms with E-state index >= 15 is 0 Å². The van der Waals surface area contributed by atoms with Gasteiger partial charge in [-0.1, -0.05) is 48.8 Å². The highest BCUT2D eigenvalue weighted by Crippen LogP contribution is 2.36. The summed E-state index contributed by atoms with van der Waals surface area (Å²) in [5.74, 6) is 0.671. The number of furan rings is 1. The van der Waals surface area contributed by atoms with Gasteiger partial charge >= 0.3 is 0 Å². The van der Waals surface area contributed by atoms with Crippen LogP contribution >= 0.6 is 23.1 Å². The van der Waals surface area contributed by atoms with Crippen molar-refractivity contribution in [3.63, 3.8) is 0 Å². The molecule has 1 aliphatic carbocycles. The molecule has 0 saturated heterocycles. The van der Waals surface area contributed by atoms with E-state index in [9.17, 15) is 14.9 Å². The van der Waals surface area contributed by atoms with Crippen LogP contribution in [0.25, 0.3) is 21.2 Å². The third-order valence-corrected chi connectivity index (χ3v) is 8.06. The molecule has 1 saturated carbocycles. The zero-order valence-electron chi connectivity index (χ0n) is 17.2. The number of thioether (sulfide) groups is 1. The highest BCUT2D eigenvalue weighted by molar-refractivity contribution is 7.99. The van der Waals surface area contributed by atoms with E-state index in [1.165, 1.54) is 55.6 Å². The molecule has 164 valence electrons. The van der Waals surface area contributed by atoms with E-state index < -0.39 is 4.92 Å². The first-order valence-electron chi connectivity index (χ1n) is 10.6. The third-order valence-electron chi connectivity index (χ3n) is 5.72. The number of nitrogens with zero attached hydrogens (tertiary/aromatic N) is 2. The van der Waals surface area contributed by atoms with E-state index in [-0.39, 0.29) is 11.6 Å². The number of aromatic nitrogens is 1. The molecule has 32 heavy (non-hydrogen) atoms. The molecule has 0 bridgehead atoms. The number of hydrogen-bond acceptors (Lipinski definition) is 7. The minimum atomic E-state index is -0.442. The fraction of sp³-hybridized carbons (Fsp3) is 0.304. The molecule has 2 aromatic carbocycles. The highest BCUT2D eigenvalue weighted by atomic mass is 32.2. The van der Waals surface area contributed by atoms with Crippen molar-refractivity contribution in [2.45, 2.75) is 43.1 Å². The second-order valence-electron chi connectivity index (χ2n) is 7.86. The predicted octanol–water partition coefficient (Wildman–Crippen LogP) is 6.77. The molecule has 1 amide bonds. The summed E-state index contributed by atoms with van der Waals surface area (Å²) < 4.78 is 6.61. The van der Waals surface area contributed by atoms with Crippen LogP contribution in [0.15, 0.2) is 46.9 Å². The first kappa shape index (κ1) is 21.0. The Morgan fingerprint density at radius 1 is 1.22 bits per heavy atom. The SMILES string of the molecule is O=C(Nc1nc2ccc([N+](=O)[O-])cc2s1)c1oc2ccccc2c1CSC1CCCCC1. The van der Waals surface area contributed by atoms with Crippen LogP contribution in [0.4, 0.5) is 10.8 Å². The standard InChI is InChI=1S/C23H21N3O4S2/c27-22(25-23-24-18-11-10-14(26(28)29)12-20(18)32-23)21-17(13-31-15-6-2-1-3-7-15)16-8-4-5-9-19(16)30-21/h4-5,8-12,15H,1-3,6-7,13H2,(H,24,25,27). The molecule has 0 atom stereocenters. The van der Waals surface area contributed by atoms with Gasteiger partial charge in [-0.15, -0.1) is 0 Å². The first-order valence-corrected chi connectivity index (χ1v) is 12.4. The maximum atomic E-state index is 13.2. The average molecular weight is 468 g/mol. The molecule has 0 unspecified atom stereocenters. The van der Waals surface area contributed by atoms with Crippen molar-refractivity contribution >= 4 is 61.0 Å². The number of rotatable bonds is 6. The van der Waals surface area contributed by atoms with Gasteiger partial charge in [-0.25, -0.2) is 4.98 Å². The van der Waals surface area contributed by atoms with Crippen LogP contribution in [-0.4, -0.2) is 21.1 Å². The number of anilines is 1. The molecule has 0 aliphatic heterocycles. The lowest BCUT2D eigenvalue weighted by atomic mass is 10.0. The Kier molecular flexibility index (Phi) is 5.84. The van der Waals surface area contributed by atoms with E-state index in [0.29, 0.717) is 31.9 Å². The van der Waals surface area contributed by atoms with Gasteiger partial charge in [0.2, 0.25) is 0 Å². The zero-order valence-corrected chi connectivity index (χ0v) is 18.8. The Morgan fingerprint density at radius 2 is 2.03 bits per heavy atom. The minimum Gasteiger partial charge on any atom is -0.451 e. The van der Waals surface area contributed by atoms with Crippen LogP contribution in [0.3, 0.4) is 0 Å². The fourth-order valence-electron chi connectivity index (χ4n) is 4.09. The molecular weight excluding hydrogens is 446 g/mol. The van der Waals surface area contributed by atoms with Crippen molar-refractivity contribution in [3.8, 4) is 0 Å². The number of non-ortho nitro benzene ring substituents is 1. The Labute approximate surface area is 192 Å². The summed E-state index contributed by atoms with van der Waals surface area (Å²) in [4.78, 5) is 28.1. The van der Waals surface area contributed by atoms with Crippen LogP contribution in [0, 0.1) is 10.1 Å². The van der Waals surface area contributed by atoms with Crippen molar-refractivity contribution in [2.24, 2.45) is 0 Å². The average Bonchev–Trinajstić information content (AvgIpc) is 3.38. The topological polar surface area (TPSA) is 98.3 Å². The van der Waals surface area contributed by atoms with Crippen molar-refractivity contribution < 1.29 is 14.1 Å². The van der Waals surface area contributed by atoms with Crippen LogP contribution in [-0.2, 0) is 5.75 Å². The van der Waals surface area contributed by atoms with Gasteiger partial charge in [0.25, 0.3) is 11.6 Å². The number of benzene rings is 2. The molecule has 0 spiro atoms. The summed E-state index contributed by atoms with van der Waals surface area (Å²) in [5, 5.41) is 15.8. The fourth-order valence-corrected chi connectivity index (χ4v) is 6.34. The van der Waals surface area contributed by atoms with E-state index in [1.807, 2.05) is 36.0 Å². The van der Waals surface area contributed by atoms with Gasteiger partial charge in [-0.05, 0) is 25.0 Å². The molecule has 5 rings (SSSR count). The summed E-state index contributed by atoms with van der Waals surface area (Å²) in [6, 6.07) is 12.2. The normalized spacial score (nSPS) is 14.8. The van der Waals surface area contributed by atoms with E-state index in [2.05, 4.69) is 10.3 Å². The lowest BCUT2D eigenvalue weighted by molar-refractivity contribution is -0.384. The van der Waals surface area contributed by atoms with Crippen LogP contribution in [0.1, 0.15) is 48.2 Å². The summed E-state index contributed by atoms with van der Waals surface area (Å²) >= 11 is 3.11. The van der Waals surface area contributed by atoms with Gasteiger partial charge < -0.3 is 4.42 Å². The number of carbonyl (C=O) groups excluding carboxylic acids is 1. The Morgan fingerprint density at radius 3 is 2.84 bits per heavy atom. The highest BCUT2D eigenvalue weighted by Gasteiger charge is 2.23. The number of fused-ring (bicyclic) bond motifs is 2. The molecule has 2 heterocycles. The van der Waals surface area contributed by atoms with Crippen LogP contribution < -0.4 is 5.32 Å².